The van der Waals surface area contributed by atoms with E-state index in [0.717, 1.165) is 26.9 Å². The molecule has 8 heteroatoms. The summed E-state index contributed by atoms with van der Waals surface area (Å²) in [6.45, 7) is 0. The molecule has 0 saturated heterocycles. The largest absolute Gasteiger partial charge is 0.478 e. The summed E-state index contributed by atoms with van der Waals surface area (Å²) in [5, 5.41) is 12.1. The molecule has 1 aromatic heterocycles. The molecule has 0 spiro atoms. The minimum absolute atomic E-state index is 0.0274. The minimum Gasteiger partial charge on any atom is -0.478 e. The molecule has 4 aromatic carbocycles. The van der Waals surface area contributed by atoms with E-state index < -0.39 is 11.9 Å². The standard InChI is InChI=1S/C30H19BrClN3O3/c31-23-13-10-19(11-14-23)26-17-25(33-28(34-26)20-4-2-1-3-5-20)18-6-8-21(9-7-18)29(36)35-27-16-22(30(37)38)12-15-24(27)32/h1-17H,(H,35,36)(H,37,38). The van der Waals surface area contributed by atoms with Crippen LogP contribution in [0.5, 0.6) is 0 Å². The lowest BCUT2D eigenvalue weighted by atomic mass is 10.0. The molecule has 6 nitrogen and oxygen atoms in total. The number of carboxylic acids is 1. The fourth-order valence-electron chi connectivity index (χ4n) is 3.82. The van der Waals surface area contributed by atoms with E-state index in [2.05, 4.69) is 21.2 Å². The van der Waals surface area contributed by atoms with Gasteiger partial charge in [-0.3, -0.25) is 4.79 Å². The number of hydrogen-bond donors (Lipinski definition) is 2. The molecule has 0 unspecified atom stereocenters. The fourth-order valence-corrected chi connectivity index (χ4v) is 4.25. The van der Waals surface area contributed by atoms with E-state index in [0.29, 0.717) is 17.1 Å². The van der Waals surface area contributed by atoms with Gasteiger partial charge < -0.3 is 10.4 Å². The number of halogens is 2. The molecule has 5 rings (SSSR count). The van der Waals surface area contributed by atoms with Gasteiger partial charge in [0.1, 0.15) is 0 Å². The molecule has 186 valence electrons. The highest BCUT2D eigenvalue weighted by Gasteiger charge is 2.14. The molecule has 2 N–H and O–H groups in total. The number of aromatic carboxylic acids is 1. The van der Waals surface area contributed by atoms with Gasteiger partial charge in [-0.15, -0.1) is 0 Å². The molecule has 0 bridgehead atoms. The van der Waals surface area contributed by atoms with Crippen molar-refractivity contribution in [2.24, 2.45) is 0 Å². The Labute approximate surface area is 232 Å². The average molecular weight is 585 g/mol. The number of carbonyl (C=O) groups is 2. The van der Waals surface area contributed by atoms with Crippen LogP contribution in [0.15, 0.2) is 108 Å². The summed E-state index contributed by atoms with van der Waals surface area (Å²) in [4.78, 5) is 33.7. The molecule has 38 heavy (non-hydrogen) atoms. The third kappa shape index (κ3) is 5.64. The minimum atomic E-state index is -1.11. The normalized spacial score (nSPS) is 10.7. The Kier molecular flexibility index (Phi) is 7.31. The number of rotatable bonds is 6. The smallest absolute Gasteiger partial charge is 0.335 e. The van der Waals surface area contributed by atoms with E-state index in [1.54, 1.807) is 12.1 Å². The van der Waals surface area contributed by atoms with E-state index >= 15 is 0 Å². The maximum Gasteiger partial charge on any atom is 0.335 e. The van der Waals surface area contributed by atoms with Gasteiger partial charge in [-0.25, -0.2) is 14.8 Å². The zero-order valence-corrected chi connectivity index (χ0v) is 22.1. The second-order valence-corrected chi connectivity index (χ2v) is 9.69. The topological polar surface area (TPSA) is 92.2 Å². The quantitative estimate of drug-likeness (QED) is 0.212. The molecule has 0 radical (unpaired) electrons. The summed E-state index contributed by atoms with van der Waals surface area (Å²) in [5.74, 6) is -0.927. The highest BCUT2D eigenvalue weighted by molar-refractivity contribution is 9.10. The maximum atomic E-state index is 12.9. The molecule has 0 atom stereocenters. The van der Waals surface area contributed by atoms with E-state index in [-0.39, 0.29) is 16.3 Å². The van der Waals surface area contributed by atoms with Gasteiger partial charge in [0.15, 0.2) is 5.82 Å². The van der Waals surface area contributed by atoms with Crippen LogP contribution in [0.3, 0.4) is 0 Å². The van der Waals surface area contributed by atoms with E-state index in [9.17, 15) is 14.7 Å². The summed E-state index contributed by atoms with van der Waals surface area (Å²) in [6.07, 6.45) is 0. The number of carbonyl (C=O) groups excluding carboxylic acids is 1. The molecule has 1 amide bonds. The second-order valence-electron chi connectivity index (χ2n) is 8.37. The van der Waals surface area contributed by atoms with Crippen LogP contribution >= 0.6 is 27.5 Å². The molecule has 0 saturated carbocycles. The van der Waals surface area contributed by atoms with Gasteiger partial charge in [-0.05, 0) is 48.5 Å². The Morgan fingerprint density at radius 3 is 1.89 bits per heavy atom. The second kappa shape index (κ2) is 11.0. The average Bonchev–Trinajstić information content (AvgIpc) is 2.95. The molecule has 5 aromatic rings. The zero-order chi connectivity index (χ0) is 26.6. The van der Waals surface area contributed by atoms with Crippen LogP contribution in [0.1, 0.15) is 20.7 Å². The lowest BCUT2D eigenvalue weighted by Gasteiger charge is -2.11. The molecule has 1 heterocycles. The van der Waals surface area contributed by atoms with Crippen molar-refractivity contribution in [3.05, 3.63) is 124 Å². The summed E-state index contributed by atoms with van der Waals surface area (Å²) in [6, 6.07) is 30.7. The van der Waals surface area contributed by atoms with Gasteiger partial charge in [0.05, 0.1) is 27.7 Å². The van der Waals surface area contributed by atoms with Crippen molar-refractivity contribution < 1.29 is 14.7 Å². The van der Waals surface area contributed by atoms with Crippen molar-refractivity contribution in [2.75, 3.05) is 5.32 Å². The van der Waals surface area contributed by atoms with E-state index in [1.165, 1.54) is 18.2 Å². The molecule has 0 aliphatic carbocycles. The van der Waals surface area contributed by atoms with Gasteiger partial charge in [-0.2, -0.15) is 0 Å². The van der Waals surface area contributed by atoms with Crippen LogP contribution in [0.25, 0.3) is 33.9 Å². The lowest BCUT2D eigenvalue weighted by Crippen LogP contribution is -2.12. The van der Waals surface area contributed by atoms with Crippen LogP contribution in [-0.2, 0) is 0 Å². The third-order valence-corrected chi connectivity index (χ3v) is 6.66. The van der Waals surface area contributed by atoms with Crippen LogP contribution in [-0.4, -0.2) is 27.0 Å². The molecule has 0 fully saturated rings. The lowest BCUT2D eigenvalue weighted by molar-refractivity contribution is 0.0696. The number of anilines is 1. The first kappa shape index (κ1) is 25.3. The zero-order valence-electron chi connectivity index (χ0n) is 19.7. The Morgan fingerprint density at radius 1 is 0.711 bits per heavy atom. The number of aromatic nitrogens is 2. The Hall–Kier alpha value is -4.33. The Balaban J connectivity index is 1.47. The maximum absolute atomic E-state index is 12.9. The van der Waals surface area contributed by atoms with Crippen molar-refractivity contribution in [3.8, 4) is 33.9 Å². The predicted octanol–water partition coefficient (Wildman–Crippen LogP) is 7.84. The van der Waals surface area contributed by atoms with Crippen LogP contribution in [0.4, 0.5) is 5.69 Å². The van der Waals surface area contributed by atoms with Gasteiger partial charge >= 0.3 is 5.97 Å². The monoisotopic (exact) mass is 583 g/mol. The number of amides is 1. The van der Waals surface area contributed by atoms with Crippen molar-refractivity contribution in [2.45, 2.75) is 0 Å². The number of carboxylic acid groups (broad SMARTS) is 1. The van der Waals surface area contributed by atoms with Crippen molar-refractivity contribution >= 4 is 45.1 Å². The number of nitrogens with one attached hydrogen (secondary N) is 1. The SMILES string of the molecule is O=C(O)c1ccc(Cl)c(NC(=O)c2ccc(-c3cc(-c4ccc(Br)cc4)nc(-c4ccccc4)n3)cc2)c1. The highest BCUT2D eigenvalue weighted by Crippen LogP contribution is 2.29. The van der Waals surface area contributed by atoms with Crippen molar-refractivity contribution in [3.63, 3.8) is 0 Å². The third-order valence-electron chi connectivity index (χ3n) is 5.80. The summed E-state index contributed by atoms with van der Waals surface area (Å²) >= 11 is 9.63. The summed E-state index contributed by atoms with van der Waals surface area (Å²) in [5.41, 5.74) is 4.77. The predicted molar refractivity (Wildman–Crippen MR) is 152 cm³/mol. The Morgan fingerprint density at radius 2 is 1.29 bits per heavy atom. The van der Waals surface area contributed by atoms with Crippen LogP contribution in [0.2, 0.25) is 5.02 Å². The number of hydrogen-bond acceptors (Lipinski definition) is 4. The molecular weight excluding hydrogens is 566 g/mol. The first-order valence-corrected chi connectivity index (χ1v) is 12.7. The van der Waals surface area contributed by atoms with Gasteiger partial charge in [0.25, 0.3) is 5.91 Å². The fraction of sp³-hybridized carbons (Fsp3) is 0. The van der Waals surface area contributed by atoms with Gasteiger partial charge in [0.2, 0.25) is 0 Å². The molecule has 0 aliphatic heterocycles. The van der Waals surface area contributed by atoms with Gasteiger partial charge in [-0.1, -0.05) is 82.1 Å². The summed E-state index contributed by atoms with van der Waals surface area (Å²) in [7, 11) is 0. The van der Waals surface area contributed by atoms with Crippen LogP contribution in [0, 0.1) is 0 Å². The molecular formula is C30H19BrClN3O3. The van der Waals surface area contributed by atoms with Gasteiger partial charge in [0, 0.05) is 26.7 Å². The van der Waals surface area contributed by atoms with E-state index in [1.807, 2.05) is 72.8 Å². The Bertz CT molecular complexity index is 1640. The number of benzene rings is 4. The molecule has 0 aliphatic rings. The summed E-state index contributed by atoms with van der Waals surface area (Å²) < 4.78 is 0.976. The van der Waals surface area contributed by atoms with Crippen LogP contribution < -0.4 is 5.32 Å². The first-order chi connectivity index (χ1) is 18.4. The number of nitrogens with zero attached hydrogens (tertiary/aromatic N) is 2. The van der Waals surface area contributed by atoms with Crippen molar-refractivity contribution in [1.82, 2.24) is 9.97 Å². The van der Waals surface area contributed by atoms with Crippen molar-refractivity contribution in [1.29, 1.82) is 0 Å². The highest BCUT2D eigenvalue weighted by atomic mass is 79.9. The first-order valence-electron chi connectivity index (χ1n) is 11.5. The van der Waals surface area contributed by atoms with E-state index in [4.69, 9.17) is 21.6 Å².